The zero-order valence-corrected chi connectivity index (χ0v) is 7.69. The van der Waals surface area contributed by atoms with Crippen molar-refractivity contribution in [2.24, 2.45) is 0 Å². The second kappa shape index (κ2) is 4.33. The number of rotatable bonds is 4. The van der Waals surface area contributed by atoms with Gasteiger partial charge in [-0.3, -0.25) is 0 Å². The average molecular weight is 212 g/mol. The Morgan fingerprint density at radius 1 is 1.53 bits per heavy atom. The molecule has 1 heterocycles. The zero-order valence-electron chi connectivity index (χ0n) is 12.7. The number of aromatic nitrogens is 1. The van der Waals surface area contributed by atoms with Crippen molar-refractivity contribution in [3.05, 3.63) is 30.5 Å². The van der Waals surface area contributed by atoms with Crippen molar-refractivity contribution in [3.63, 3.8) is 0 Å². The van der Waals surface area contributed by atoms with Crippen LogP contribution >= 0.6 is 0 Å². The predicted molar refractivity (Wildman–Crippen MR) is 56.9 cm³/mol. The first kappa shape index (κ1) is 5.53. The summed E-state index contributed by atoms with van der Waals surface area (Å²) in [5.41, 5.74) is 0.652. The quantitative estimate of drug-likeness (QED) is 0.705. The van der Waals surface area contributed by atoms with E-state index in [9.17, 15) is 5.11 Å². The monoisotopic (exact) mass is 212 g/mol. The van der Waals surface area contributed by atoms with E-state index in [2.05, 4.69) is 4.98 Å². The third-order valence-electron chi connectivity index (χ3n) is 1.92. The Bertz CT molecular complexity index is 620. The summed E-state index contributed by atoms with van der Waals surface area (Å²) in [7, 11) is 0. The first-order chi connectivity index (χ1) is 9.06. The maximum absolute atomic E-state index is 9.60. The third kappa shape index (κ3) is 2.11. The minimum atomic E-state index is -3.50. The van der Waals surface area contributed by atoms with Crippen molar-refractivity contribution < 1.29 is 21.8 Å². The van der Waals surface area contributed by atoms with E-state index in [0.717, 1.165) is 0 Å². The molecule has 0 saturated heterocycles. The number of nitrogens with one attached hydrogen (secondary N) is 1. The summed E-state index contributed by atoms with van der Waals surface area (Å²) >= 11 is 0. The fourth-order valence-corrected chi connectivity index (χ4v) is 1.27. The first-order valence-corrected chi connectivity index (χ1v) is 4.26. The maximum Gasteiger partial charge on any atom is 0.128 e. The molecule has 1 aromatic heterocycles. The lowest BCUT2D eigenvalue weighted by molar-refractivity contribution is 0.0541. The van der Waals surface area contributed by atoms with Crippen LogP contribution in [0.25, 0.3) is 10.9 Å². The summed E-state index contributed by atoms with van der Waals surface area (Å²) in [6.07, 6.45) is -1.90. The highest BCUT2D eigenvalue weighted by Crippen LogP contribution is 2.24. The maximum atomic E-state index is 9.60. The van der Waals surface area contributed by atoms with Gasteiger partial charge in [-0.15, -0.1) is 0 Å². The van der Waals surface area contributed by atoms with Crippen LogP contribution in [0.15, 0.2) is 30.5 Å². The number of aliphatic hydroxyl groups is 2. The van der Waals surface area contributed by atoms with Crippen LogP contribution in [0.1, 0.15) is 6.85 Å². The van der Waals surface area contributed by atoms with Crippen LogP contribution in [0, 0.1) is 0 Å². The number of H-pyrrole nitrogens is 1. The molecule has 2 rings (SSSR count). The average Bonchev–Trinajstić information content (AvgIpc) is 2.76. The molecule has 0 aliphatic heterocycles. The minimum Gasteiger partial charge on any atom is -0.490 e. The van der Waals surface area contributed by atoms with Gasteiger partial charge in [-0.1, -0.05) is 6.07 Å². The van der Waals surface area contributed by atoms with E-state index in [1.54, 1.807) is 24.4 Å². The second-order valence-electron chi connectivity index (χ2n) is 2.86. The molecule has 0 fully saturated rings. The van der Waals surface area contributed by atoms with Gasteiger partial charge in [0, 0.05) is 17.1 Å². The SMILES string of the molecule is [2H]C([2H])(O)C([2H])(O)C([2H])([2H])Oc1cccc2[nH]ccc12. The van der Waals surface area contributed by atoms with Gasteiger partial charge in [0.15, 0.2) is 0 Å². The minimum absolute atomic E-state index is 0.0173. The molecule has 15 heavy (non-hydrogen) atoms. The Morgan fingerprint density at radius 2 is 2.40 bits per heavy atom. The molecule has 2 aromatic rings. The molecule has 3 N–H and O–H groups in total. The highest BCUT2D eigenvalue weighted by atomic mass is 16.5. The van der Waals surface area contributed by atoms with Crippen molar-refractivity contribution in [2.75, 3.05) is 13.1 Å². The van der Waals surface area contributed by atoms with E-state index in [1.807, 2.05) is 0 Å². The van der Waals surface area contributed by atoms with Gasteiger partial charge in [0.1, 0.15) is 18.4 Å². The van der Waals surface area contributed by atoms with Gasteiger partial charge in [-0.05, 0) is 18.2 Å². The smallest absolute Gasteiger partial charge is 0.128 e. The van der Waals surface area contributed by atoms with Crippen molar-refractivity contribution >= 4 is 10.9 Å². The largest absolute Gasteiger partial charge is 0.490 e. The lowest BCUT2D eigenvalue weighted by Gasteiger charge is -2.10. The summed E-state index contributed by atoms with van der Waals surface area (Å²) < 4.78 is 41.3. The van der Waals surface area contributed by atoms with Crippen LogP contribution in [0.5, 0.6) is 5.75 Å². The van der Waals surface area contributed by atoms with Gasteiger partial charge in [-0.2, -0.15) is 0 Å². The molecule has 1 unspecified atom stereocenters. The van der Waals surface area contributed by atoms with Crippen molar-refractivity contribution in [2.45, 2.75) is 6.08 Å². The molecule has 0 aliphatic rings. The summed E-state index contributed by atoms with van der Waals surface area (Å²) in [4.78, 5) is 2.88. The molecular weight excluding hydrogens is 194 g/mol. The molecule has 0 amide bonds. The number of hydrogen-bond acceptors (Lipinski definition) is 3. The van der Waals surface area contributed by atoms with Crippen molar-refractivity contribution in [3.8, 4) is 5.75 Å². The molecule has 0 aliphatic carbocycles. The molecular formula is C11H13NO3. The predicted octanol–water partition coefficient (Wildman–Crippen LogP) is 0.900. The van der Waals surface area contributed by atoms with Gasteiger partial charge in [0.2, 0.25) is 0 Å². The lowest BCUT2D eigenvalue weighted by Crippen LogP contribution is -2.21. The molecule has 1 atom stereocenters. The van der Waals surface area contributed by atoms with E-state index < -0.39 is 19.2 Å². The van der Waals surface area contributed by atoms with Gasteiger partial charge in [-0.25, -0.2) is 0 Å². The Labute approximate surface area is 94.1 Å². The molecule has 0 bridgehead atoms. The third-order valence-corrected chi connectivity index (χ3v) is 1.92. The van der Waals surface area contributed by atoms with Crippen molar-refractivity contribution in [1.29, 1.82) is 0 Å². The summed E-state index contributed by atoms with van der Waals surface area (Å²) in [5, 5.41) is 19.2. The molecule has 4 nitrogen and oxygen atoms in total. The van der Waals surface area contributed by atoms with Crippen LogP contribution in [-0.4, -0.2) is 34.4 Å². The van der Waals surface area contributed by atoms with E-state index in [4.69, 9.17) is 16.7 Å². The number of benzene rings is 1. The summed E-state index contributed by atoms with van der Waals surface area (Å²) in [6.45, 7) is -6.67. The second-order valence-corrected chi connectivity index (χ2v) is 2.86. The Morgan fingerprint density at radius 3 is 3.20 bits per heavy atom. The van der Waals surface area contributed by atoms with Crippen LogP contribution < -0.4 is 4.74 Å². The summed E-state index contributed by atoms with van der Waals surface area (Å²) in [5.74, 6) is 0.0173. The number of ether oxygens (including phenoxy) is 1. The Kier molecular flexibility index (Phi) is 1.60. The Hall–Kier alpha value is -1.52. The van der Waals surface area contributed by atoms with E-state index in [0.29, 0.717) is 10.9 Å². The van der Waals surface area contributed by atoms with Gasteiger partial charge in [0.25, 0.3) is 0 Å². The molecule has 80 valence electrons. The molecule has 1 aromatic carbocycles. The zero-order chi connectivity index (χ0) is 15.2. The van der Waals surface area contributed by atoms with Gasteiger partial charge in [0.05, 0.1) is 13.4 Å². The van der Waals surface area contributed by atoms with E-state index >= 15 is 0 Å². The fourth-order valence-electron chi connectivity index (χ4n) is 1.27. The van der Waals surface area contributed by atoms with Crippen LogP contribution in [-0.2, 0) is 0 Å². The lowest BCUT2D eigenvalue weighted by atomic mass is 10.2. The first-order valence-electron chi connectivity index (χ1n) is 6.76. The highest BCUT2D eigenvalue weighted by Gasteiger charge is 2.06. The number of fused-ring (bicyclic) bond motifs is 1. The van der Waals surface area contributed by atoms with Crippen molar-refractivity contribution in [1.82, 2.24) is 4.98 Å². The molecule has 0 saturated carbocycles. The molecule has 0 radical (unpaired) electrons. The number of aromatic amines is 1. The normalized spacial score (nSPS) is 21.9. The van der Waals surface area contributed by atoms with Gasteiger partial charge < -0.3 is 19.9 Å². The standard InChI is InChI=1S/C11H13NO3/c13-6-8(14)7-15-11-3-1-2-10-9(11)4-5-12-10/h1-5,8,12-14H,6-7H2/i6D2,7D2,8D. The topological polar surface area (TPSA) is 65.5 Å². The molecule has 4 heteroatoms. The van der Waals surface area contributed by atoms with Crippen LogP contribution in [0.4, 0.5) is 0 Å². The van der Waals surface area contributed by atoms with Crippen LogP contribution in [0.3, 0.4) is 0 Å². The number of hydrogen-bond donors (Lipinski definition) is 3. The molecule has 0 spiro atoms. The van der Waals surface area contributed by atoms with Crippen LogP contribution in [0.2, 0.25) is 0 Å². The van der Waals surface area contributed by atoms with E-state index in [1.165, 1.54) is 6.07 Å². The fraction of sp³-hybridized carbons (Fsp3) is 0.273. The summed E-state index contributed by atoms with van der Waals surface area (Å²) in [6, 6.07) is 6.31. The van der Waals surface area contributed by atoms with Gasteiger partial charge >= 0.3 is 0 Å². The Balaban J connectivity index is 2.40. The van der Waals surface area contributed by atoms with E-state index in [-0.39, 0.29) is 5.75 Å². The highest BCUT2D eigenvalue weighted by molar-refractivity contribution is 5.85.